The molecule has 19 heteroatoms. The summed E-state index contributed by atoms with van der Waals surface area (Å²) in [6.45, 7) is 9.27. The minimum absolute atomic E-state index is 0.0985. The molecule has 0 radical (unpaired) electrons. The molecule has 0 aromatic rings. The third-order valence-electron chi connectivity index (χ3n) is 14.2. The van der Waals surface area contributed by atoms with Crippen molar-refractivity contribution < 1.29 is 80.2 Å². The Morgan fingerprint density at radius 2 is 0.568 bits per heavy atom. The quantitative estimate of drug-likeness (QED) is 0.0222. The van der Waals surface area contributed by atoms with Gasteiger partial charge in [0.25, 0.3) is 0 Å². The molecule has 2 unspecified atom stereocenters. The number of ether oxygens (including phenoxy) is 4. The molecular formula is C62H120O17P2. The molecule has 5 atom stereocenters. The SMILES string of the molecule is CCCCCCCC(=O)OC[C@H](COP(=O)(O)OC[C@H](O)COP(=O)(O)OC[C@@H](COC(=O)CCCCCCCCCC(C)C)OC(=O)CCCCCCCCCCCCCCCCCCCCC(C)C)OC(=O)CCCCCCC. The van der Waals surface area contributed by atoms with E-state index in [2.05, 4.69) is 41.5 Å². The van der Waals surface area contributed by atoms with Gasteiger partial charge in [-0.1, -0.05) is 253 Å². The Morgan fingerprint density at radius 3 is 0.840 bits per heavy atom. The van der Waals surface area contributed by atoms with Gasteiger partial charge in [0.05, 0.1) is 26.4 Å². The van der Waals surface area contributed by atoms with Crippen molar-refractivity contribution in [1.82, 2.24) is 0 Å². The molecule has 3 N–H and O–H groups in total. The first-order chi connectivity index (χ1) is 38.9. The fourth-order valence-electron chi connectivity index (χ4n) is 9.18. The Hall–Kier alpha value is -1.94. The molecule has 17 nitrogen and oxygen atoms in total. The fraction of sp³-hybridized carbons (Fsp3) is 0.935. The first kappa shape index (κ1) is 79.1. The van der Waals surface area contributed by atoms with Crippen LogP contribution in [0.3, 0.4) is 0 Å². The highest BCUT2D eigenvalue weighted by Crippen LogP contribution is 2.45. The van der Waals surface area contributed by atoms with Gasteiger partial charge in [-0.3, -0.25) is 37.3 Å². The zero-order valence-corrected chi connectivity index (χ0v) is 53.9. The summed E-state index contributed by atoms with van der Waals surface area (Å²) in [5.74, 6) is -0.636. The van der Waals surface area contributed by atoms with Crippen molar-refractivity contribution in [2.24, 2.45) is 11.8 Å². The Bertz CT molecular complexity index is 1600. The Balaban J connectivity index is 5.01. The molecule has 0 aromatic heterocycles. The van der Waals surface area contributed by atoms with Crippen LogP contribution in [0.15, 0.2) is 0 Å². The van der Waals surface area contributed by atoms with Crippen LogP contribution < -0.4 is 0 Å². The normalized spacial score (nSPS) is 14.4. The minimum atomic E-state index is -4.94. The van der Waals surface area contributed by atoms with Crippen LogP contribution in [0.25, 0.3) is 0 Å². The molecule has 0 spiro atoms. The van der Waals surface area contributed by atoms with E-state index < -0.39 is 97.5 Å². The third kappa shape index (κ3) is 56.9. The molecule has 0 saturated carbocycles. The number of phosphoric acid groups is 2. The van der Waals surface area contributed by atoms with Crippen molar-refractivity contribution in [3.05, 3.63) is 0 Å². The van der Waals surface area contributed by atoms with Crippen molar-refractivity contribution in [2.45, 2.75) is 323 Å². The van der Waals surface area contributed by atoms with Gasteiger partial charge < -0.3 is 33.8 Å². The highest BCUT2D eigenvalue weighted by Gasteiger charge is 2.30. The van der Waals surface area contributed by atoms with Gasteiger partial charge in [0.15, 0.2) is 12.2 Å². The van der Waals surface area contributed by atoms with E-state index in [1.54, 1.807) is 0 Å². The standard InChI is InChI=1S/C62H120O17P2/c1-7-9-11-30-38-44-59(64)72-50-57(78-61(66)46-40-31-12-10-8-2)52-76-80(68,69)74-48-56(63)49-75-81(70,71)77-53-58(51-73-60(65)45-39-34-29-25-27-33-37-43-55(5)6)79-62(67)47-41-35-28-24-22-20-18-16-14-13-15-17-19-21-23-26-32-36-42-54(3)4/h54-58,63H,7-53H2,1-6H3,(H,68,69)(H,70,71)/t56-,57+,58+/m0/s1. The van der Waals surface area contributed by atoms with E-state index >= 15 is 0 Å². The van der Waals surface area contributed by atoms with Gasteiger partial charge >= 0.3 is 39.5 Å². The van der Waals surface area contributed by atoms with Crippen molar-refractivity contribution in [3.63, 3.8) is 0 Å². The van der Waals surface area contributed by atoms with E-state index in [0.717, 1.165) is 109 Å². The number of aliphatic hydroxyl groups excluding tert-OH is 1. The second kappa shape index (κ2) is 54.7. The Morgan fingerprint density at radius 1 is 0.333 bits per heavy atom. The van der Waals surface area contributed by atoms with Crippen LogP contribution in [0.4, 0.5) is 0 Å². The molecule has 0 aliphatic rings. The largest absolute Gasteiger partial charge is 0.472 e. The molecule has 0 aromatic carbocycles. The van der Waals surface area contributed by atoms with Crippen LogP contribution in [-0.4, -0.2) is 96.7 Å². The van der Waals surface area contributed by atoms with Gasteiger partial charge in [0.2, 0.25) is 0 Å². The lowest BCUT2D eigenvalue weighted by Crippen LogP contribution is -2.30. The molecule has 0 fully saturated rings. The number of phosphoric ester groups is 2. The first-order valence-corrected chi connectivity index (χ1v) is 35.5. The highest BCUT2D eigenvalue weighted by atomic mass is 31.2. The fourth-order valence-corrected chi connectivity index (χ4v) is 10.8. The lowest BCUT2D eigenvalue weighted by atomic mass is 10.0. The van der Waals surface area contributed by atoms with Crippen molar-refractivity contribution >= 4 is 39.5 Å². The van der Waals surface area contributed by atoms with Gasteiger partial charge in [0.1, 0.15) is 19.3 Å². The summed E-state index contributed by atoms with van der Waals surface area (Å²) in [6, 6.07) is 0. The van der Waals surface area contributed by atoms with E-state index in [1.807, 2.05) is 0 Å². The van der Waals surface area contributed by atoms with Crippen LogP contribution in [0, 0.1) is 11.8 Å². The molecule has 480 valence electrons. The van der Waals surface area contributed by atoms with Gasteiger partial charge in [-0.25, -0.2) is 9.13 Å². The lowest BCUT2D eigenvalue weighted by molar-refractivity contribution is -0.161. The summed E-state index contributed by atoms with van der Waals surface area (Å²) in [5.41, 5.74) is 0. The maximum atomic E-state index is 13.0. The molecule has 81 heavy (non-hydrogen) atoms. The van der Waals surface area contributed by atoms with Crippen LogP contribution in [0.2, 0.25) is 0 Å². The number of hydrogen-bond donors (Lipinski definition) is 3. The monoisotopic (exact) mass is 1200 g/mol. The second-order valence-corrected chi connectivity index (χ2v) is 26.3. The first-order valence-electron chi connectivity index (χ1n) is 32.5. The van der Waals surface area contributed by atoms with Gasteiger partial charge in [-0.05, 0) is 37.5 Å². The topological polar surface area (TPSA) is 237 Å². The molecular weight excluding hydrogens is 1080 g/mol. The predicted octanol–water partition coefficient (Wildman–Crippen LogP) is 16.9. The number of carbonyl (C=O) groups is 4. The zero-order valence-electron chi connectivity index (χ0n) is 52.1. The van der Waals surface area contributed by atoms with E-state index in [4.69, 9.17) is 37.0 Å². The maximum Gasteiger partial charge on any atom is 0.472 e. The molecule has 0 rings (SSSR count). The minimum Gasteiger partial charge on any atom is -0.462 e. The second-order valence-electron chi connectivity index (χ2n) is 23.4. The predicted molar refractivity (Wildman–Crippen MR) is 321 cm³/mol. The lowest BCUT2D eigenvalue weighted by Gasteiger charge is -2.21. The molecule has 0 bridgehead atoms. The molecule has 0 amide bonds. The number of hydrogen-bond acceptors (Lipinski definition) is 15. The van der Waals surface area contributed by atoms with Gasteiger partial charge in [-0.15, -0.1) is 0 Å². The van der Waals surface area contributed by atoms with Crippen LogP contribution in [-0.2, 0) is 65.4 Å². The maximum absolute atomic E-state index is 13.0. The summed E-state index contributed by atoms with van der Waals surface area (Å²) < 4.78 is 67.4. The van der Waals surface area contributed by atoms with E-state index in [0.29, 0.717) is 31.6 Å². The number of esters is 4. The van der Waals surface area contributed by atoms with E-state index in [9.17, 15) is 43.2 Å². The average molecular weight is 1200 g/mol. The number of rotatable bonds is 61. The van der Waals surface area contributed by atoms with Crippen LogP contribution >= 0.6 is 15.6 Å². The van der Waals surface area contributed by atoms with Crippen molar-refractivity contribution in [2.75, 3.05) is 39.6 Å². The zero-order chi connectivity index (χ0) is 60.1. The Kier molecular flexibility index (Phi) is 53.4. The van der Waals surface area contributed by atoms with Crippen LogP contribution in [0.1, 0.15) is 305 Å². The number of unbranched alkanes of at least 4 members (excludes halogenated alkanes) is 31. The van der Waals surface area contributed by atoms with Gasteiger partial charge in [0, 0.05) is 25.7 Å². The number of aliphatic hydroxyl groups is 1. The summed E-state index contributed by atoms with van der Waals surface area (Å²) in [7, 11) is -9.86. The number of carbonyl (C=O) groups excluding carboxylic acids is 4. The molecule has 0 aliphatic carbocycles. The summed E-state index contributed by atoms with van der Waals surface area (Å²) in [5, 5.41) is 10.5. The average Bonchev–Trinajstić information content (AvgIpc) is 3.42. The van der Waals surface area contributed by atoms with Crippen molar-refractivity contribution in [3.8, 4) is 0 Å². The molecule has 0 aliphatic heterocycles. The van der Waals surface area contributed by atoms with E-state index in [1.165, 1.54) is 109 Å². The Labute approximate surface area is 492 Å². The summed E-state index contributed by atoms with van der Waals surface area (Å²) in [4.78, 5) is 71.5. The highest BCUT2D eigenvalue weighted by molar-refractivity contribution is 7.47. The van der Waals surface area contributed by atoms with Gasteiger partial charge in [-0.2, -0.15) is 0 Å². The summed E-state index contributed by atoms with van der Waals surface area (Å²) in [6.07, 6.45) is 37.3. The molecule has 0 saturated heterocycles. The van der Waals surface area contributed by atoms with Crippen molar-refractivity contribution in [1.29, 1.82) is 0 Å². The van der Waals surface area contributed by atoms with E-state index in [-0.39, 0.29) is 25.7 Å². The van der Waals surface area contributed by atoms with Crippen LogP contribution in [0.5, 0.6) is 0 Å². The summed E-state index contributed by atoms with van der Waals surface area (Å²) >= 11 is 0. The third-order valence-corrected chi connectivity index (χ3v) is 16.1. The smallest absolute Gasteiger partial charge is 0.462 e. The molecule has 0 heterocycles.